The highest BCUT2D eigenvalue weighted by molar-refractivity contribution is 6.36. The van der Waals surface area contributed by atoms with Crippen LogP contribution in [0.4, 0.5) is 8.78 Å². The van der Waals surface area contributed by atoms with Crippen LogP contribution in [0.3, 0.4) is 0 Å². The van der Waals surface area contributed by atoms with Gasteiger partial charge in [0.2, 0.25) is 0 Å². The molecule has 0 aliphatic heterocycles. The molecule has 0 unspecified atom stereocenters. The molecule has 0 fully saturated rings. The smallest absolute Gasteiger partial charge is 0.328 e. The van der Waals surface area contributed by atoms with Crippen LogP contribution in [0, 0.1) is 5.82 Å². The van der Waals surface area contributed by atoms with Gasteiger partial charge in [0.15, 0.2) is 0 Å². The van der Waals surface area contributed by atoms with Gasteiger partial charge < -0.3 is 9.84 Å². The minimum absolute atomic E-state index is 0.127. The molecule has 0 spiro atoms. The van der Waals surface area contributed by atoms with Crippen LogP contribution in [0.5, 0.6) is 5.75 Å². The third kappa shape index (κ3) is 4.49. The minimum Gasteiger partial charge on any atom is -0.486 e. The van der Waals surface area contributed by atoms with Crippen LogP contribution in [0.25, 0.3) is 17.0 Å². The summed E-state index contributed by atoms with van der Waals surface area (Å²) in [5.41, 5.74) is 1.46. The summed E-state index contributed by atoms with van der Waals surface area (Å²) in [6.45, 7) is 0.843. The highest BCUT2D eigenvalue weighted by Crippen LogP contribution is 2.36. The molecule has 0 bridgehead atoms. The third-order valence-corrected chi connectivity index (χ3v) is 5.04. The van der Waals surface area contributed by atoms with E-state index in [9.17, 15) is 13.6 Å². The molecule has 1 N–H and O–H groups in total. The maximum absolute atomic E-state index is 13.8. The van der Waals surface area contributed by atoms with E-state index in [1.54, 1.807) is 25.1 Å². The summed E-state index contributed by atoms with van der Waals surface area (Å²) in [5.74, 6) is -1.39. The first-order chi connectivity index (χ1) is 13.8. The summed E-state index contributed by atoms with van der Waals surface area (Å²) in [6, 6.07) is 7.44. The van der Waals surface area contributed by atoms with Gasteiger partial charge >= 0.3 is 5.97 Å². The van der Waals surface area contributed by atoms with Gasteiger partial charge in [0.1, 0.15) is 24.3 Å². The Bertz CT molecular complexity index is 1120. The molecule has 150 valence electrons. The summed E-state index contributed by atoms with van der Waals surface area (Å²) in [5, 5.41) is 9.41. The van der Waals surface area contributed by atoms with E-state index in [-0.39, 0.29) is 15.6 Å². The van der Waals surface area contributed by atoms with Crippen molar-refractivity contribution in [1.29, 1.82) is 0 Å². The summed E-state index contributed by atoms with van der Waals surface area (Å²) in [4.78, 5) is 15.0. The zero-order chi connectivity index (χ0) is 21.1. The number of aromatic nitrogens is 1. The number of rotatable bonds is 6. The number of pyridine rings is 1. The second-order valence-electron chi connectivity index (χ2n) is 6.19. The normalized spacial score (nSPS) is 12.4. The maximum atomic E-state index is 13.8. The Morgan fingerprint density at radius 2 is 2.07 bits per heavy atom. The lowest BCUT2D eigenvalue weighted by molar-refractivity contribution is -0.131. The molecule has 0 radical (unpaired) electrons. The number of carboxylic acids is 1. The fourth-order valence-electron chi connectivity index (χ4n) is 2.95. The maximum Gasteiger partial charge on any atom is 0.328 e. The zero-order valence-electron chi connectivity index (χ0n) is 15.1. The number of hydrogen-bond donors (Lipinski definition) is 1. The highest BCUT2D eigenvalue weighted by Gasteiger charge is 2.19. The van der Waals surface area contributed by atoms with Crippen LogP contribution in [-0.2, 0) is 11.5 Å². The Kier molecular flexibility index (Phi) is 6.35. The molecule has 3 aromatic rings. The molecule has 1 heterocycles. The molecule has 8 heteroatoms. The summed E-state index contributed by atoms with van der Waals surface area (Å²) < 4.78 is 33.4. The number of nitrogens with zero attached hydrogens (tertiary/aromatic N) is 1. The van der Waals surface area contributed by atoms with Crippen molar-refractivity contribution in [2.75, 3.05) is 0 Å². The number of fused-ring (bicyclic) bond motifs is 1. The second-order valence-corrected chi connectivity index (χ2v) is 6.98. The molecule has 0 aliphatic rings. The predicted molar refractivity (Wildman–Crippen MR) is 109 cm³/mol. The Hall–Kier alpha value is -2.70. The minimum atomic E-state index is -1.15. The average Bonchev–Trinajstić information content (AvgIpc) is 2.68. The lowest BCUT2D eigenvalue weighted by Crippen LogP contribution is -2.06. The van der Waals surface area contributed by atoms with Crippen LogP contribution in [0.15, 0.2) is 42.6 Å². The number of hydrogen-bond acceptors (Lipinski definition) is 3. The Balaban J connectivity index is 2.01. The van der Waals surface area contributed by atoms with Crippen molar-refractivity contribution in [3.63, 3.8) is 0 Å². The number of carboxylic acid groups (broad SMARTS) is 1. The number of alkyl halides is 1. The number of benzene rings is 2. The molecular formula is C21H15Cl2F2NO3. The zero-order valence-corrected chi connectivity index (χ0v) is 16.6. The van der Waals surface area contributed by atoms with Gasteiger partial charge in [0.25, 0.3) is 0 Å². The van der Waals surface area contributed by atoms with Crippen molar-refractivity contribution in [1.82, 2.24) is 4.98 Å². The Labute approximate surface area is 175 Å². The lowest BCUT2D eigenvalue weighted by atomic mass is 10.0. The molecule has 1 aromatic heterocycles. The van der Waals surface area contributed by atoms with Gasteiger partial charge in [-0.2, -0.15) is 0 Å². The fraction of sp³-hybridized carbons (Fsp3) is 0.143. The first kappa shape index (κ1) is 21.0. The van der Waals surface area contributed by atoms with Gasteiger partial charge in [0, 0.05) is 33.8 Å². The topological polar surface area (TPSA) is 59.4 Å². The van der Waals surface area contributed by atoms with E-state index in [2.05, 4.69) is 4.98 Å². The van der Waals surface area contributed by atoms with Crippen LogP contribution in [0.2, 0.25) is 10.0 Å². The molecule has 2 aromatic carbocycles. The van der Waals surface area contributed by atoms with E-state index < -0.39 is 24.6 Å². The lowest BCUT2D eigenvalue weighted by Gasteiger charge is -2.18. The van der Waals surface area contributed by atoms with Crippen molar-refractivity contribution in [3.05, 3.63) is 75.2 Å². The van der Waals surface area contributed by atoms with Gasteiger partial charge in [-0.25, -0.2) is 13.6 Å². The first-order valence-corrected chi connectivity index (χ1v) is 9.26. The van der Waals surface area contributed by atoms with Crippen molar-refractivity contribution in [2.24, 2.45) is 0 Å². The van der Waals surface area contributed by atoms with Gasteiger partial charge in [-0.3, -0.25) is 4.98 Å². The first-order valence-electron chi connectivity index (χ1n) is 8.50. The predicted octanol–water partition coefficient (Wildman–Crippen LogP) is 6.39. The number of ether oxygens (including phenoxy) is 1. The van der Waals surface area contributed by atoms with Gasteiger partial charge in [-0.15, -0.1) is 0 Å². The molecule has 0 saturated carbocycles. The van der Waals surface area contributed by atoms with Gasteiger partial charge in [0.05, 0.1) is 10.5 Å². The third-order valence-electron chi connectivity index (χ3n) is 4.32. The number of halogens is 4. The molecule has 29 heavy (non-hydrogen) atoms. The summed E-state index contributed by atoms with van der Waals surface area (Å²) >= 11 is 12.2. The molecule has 0 aliphatic carbocycles. The van der Waals surface area contributed by atoms with E-state index in [1.165, 1.54) is 24.4 Å². The molecule has 1 atom stereocenters. The standard InChI is InChI=1S/C21H15Cl2F2NO3/c1-11(20-16(22)4-5-17(25)21(20)23)29-13-3-6-18-14(8-13)15(9-24)12(10-26-18)2-7-19(27)28/h2-8,10-11H,9H2,1H3,(H,27,28)/b7-2+/t11-/m0/s1. The van der Waals surface area contributed by atoms with E-state index in [4.69, 9.17) is 33.0 Å². The van der Waals surface area contributed by atoms with Crippen LogP contribution in [-0.4, -0.2) is 16.1 Å². The molecule has 4 nitrogen and oxygen atoms in total. The molecular weight excluding hydrogens is 423 g/mol. The Morgan fingerprint density at radius 1 is 1.31 bits per heavy atom. The van der Waals surface area contributed by atoms with Gasteiger partial charge in [-0.05, 0) is 48.9 Å². The van der Waals surface area contributed by atoms with Crippen LogP contribution < -0.4 is 4.74 Å². The van der Waals surface area contributed by atoms with Gasteiger partial charge in [-0.1, -0.05) is 23.2 Å². The van der Waals surface area contributed by atoms with E-state index in [0.29, 0.717) is 27.8 Å². The molecule has 0 amide bonds. The fourth-order valence-corrected chi connectivity index (χ4v) is 3.63. The Morgan fingerprint density at radius 3 is 2.76 bits per heavy atom. The van der Waals surface area contributed by atoms with Crippen molar-refractivity contribution >= 4 is 46.2 Å². The molecule has 0 saturated heterocycles. The second kappa shape index (κ2) is 8.76. The number of aliphatic carboxylic acids is 1. The average molecular weight is 438 g/mol. The van der Waals surface area contributed by atoms with Crippen molar-refractivity contribution in [2.45, 2.75) is 19.7 Å². The van der Waals surface area contributed by atoms with Crippen molar-refractivity contribution < 1.29 is 23.4 Å². The van der Waals surface area contributed by atoms with E-state index in [0.717, 1.165) is 6.08 Å². The monoisotopic (exact) mass is 437 g/mol. The van der Waals surface area contributed by atoms with Crippen LogP contribution in [0.1, 0.15) is 29.7 Å². The summed E-state index contributed by atoms with van der Waals surface area (Å²) in [6.07, 6.45) is 2.93. The summed E-state index contributed by atoms with van der Waals surface area (Å²) in [7, 11) is 0. The number of carbonyl (C=O) groups is 1. The SMILES string of the molecule is C[C@H](Oc1ccc2ncc(/C=C/C(=O)O)c(CF)c2c1)c1c(Cl)ccc(F)c1Cl. The highest BCUT2D eigenvalue weighted by atomic mass is 35.5. The molecule has 3 rings (SSSR count). The van der Waals surface area contributed by atoms with Crippen molar-refractivity contribution in [3.8, 4) is 5.75 Å². The quantitative estimate of drug-likeness (QED) is 0.358. The largest absolute Gasteiger partial charge is 0.486 e. The van der Waals surface area contributed by atoms with E-state index in [1.807, 2.05) is 0 Å². The van der Waals surface area contributed by atoms with E-state index >= 15 is 0 Å². The van der Waals surface area contributed by atoms with Crippen LogP contribution >= 0.6 is 23.2 Å².